The van der Waals surface area contributed by atoms with Gasteiger partial charge in [-0.25, -0.2) is 4.79 Å². The van der Waals surface area contributed by atoms with Crippen LogP contribution in [0.2, 0.25) is 0 Å². The average molecular weight is 219 g/mol. The molecular weight excluding hydrogens is 198 g/mol. The molecule has 0 spiro atoms. The molecule has 1 N–H and O–H groups in total. The molecule has 0 aliphatic carbocycles. The number of carbonyl (C=O) groups is 1. The van der Waals surface area contributed by atoms with Gasteiger partial charge in [0, 0.05) is 6.04 Å². The van der Waals surface area contributed by atoms with Crippen molar-refractivity contribution in [2.75, 3.05) is 18.6 Å². The van der Waals surface area contributed by atoms with Crippen molar-refractivity contribution in [2.45, 2.75) is 33.2 Å². The van der Waals surface area contributed by atoms with E-state index in [4.69, 9.17) is 4.74 Å². The van der Waals surface area contributed by atoms with Gasteiger partial charge >= 0.3 is 6.09 Å². The Bertz CT molecular complexity index is 162. The van der Waals surface area contributed by atoms with E-state index < -0.39 is 0 Å². The lowest BCUT2D eigenvalue weighted by atomic mass is 10.2. The number of amides is 1. The van der Waals surface area contributed by atoms with Crippen LogP contribution in [0.25, 0.3) is 0 Å². The Balaban J connectivity index is 3.50. The van der Waals surface area contributed by atoms with Crippen LogP contribution in [0.1, 0.15) is 27.2 Å². The molecule has 1 unspecified atom stereocenters. The Labute approximate surface area is 91.0 Å². The third-order valence-corrected chi connectivity index (χ3v) is 2.31. The third-order valence-electron chi connectivity index (χ3n) is 1.67. The predicted molar refractivity (Wildman–Crippen MR) is 61.8 cm³/mol. The van der Waals surface area contributed by atoms with Gasteiger partial charge in [-0.3, -0.25) is 0 Å². The normalized spacial score (nSPS) is 12.6. The fourth-order valence-electron chi connectivity index (χ4n) is 0.852. The molecule has 0 fully saturated rings. The summed E-state index contributed by atoms with van der Waals surface area (Å²) in [5.74, 6) is 1.45. The van der Waals surface area contributed by atoms with Crippen LogP contribution in [0.5, 0.6) is 0 Å². The number of thioether (sulfide) groups is 1. The molecule has 0 aromatic rings. The maximum Gasteiger partial charge on any atom is 0.407 e. The van der Waals surface area contributed by atoms with Crippen molar-refractivity contribution in [3.05, 3.63) is 0 Å². The first kappa shape index (κ1) is 13.6. The topological polar surface area (TPSA) is 38.3 Å². The third kappa shape index (κ3) is 8.23. The van der Waals surface area contributed by atoms with Gasteiger partial charge < -0.3 is 10.1 Å². The summed E-state index contributed by atoms with van der Waals surface area (Å²) < 4.78 is 5.00. The predicted octanol–water partition coefficient (Wildman–Crippen LogP) is 2.51. The average Bonchev–Trinajstić information content (AvgIpc) is 2.11. The second-order valence-electron chi connectivity index (χ2n) is 3.82. The summed E-state index contributed by atoms with van der Waals surface area (Å²) >= 11 is 1.78. The van der Waals surface area contributed by atoms with E-state index in [0.717, 1.165) is 12.2 Å². The van der Waals surface area contributed by atoms with Crippen LogP contribution in [0, 0.1) is 5.92 Å². The van der Waals surface area contributed by atoms with E-state index in [0.29, 0.717) is 12.5 Å². The first-order chi connectivity index (χ1) is 6.56. The molecular formula is C10H21NO2S. The highest BCUT2D eigenvalue weighted by molar-refractivity contribution is 7.98. The summed E-state index contributed by atoms with van der Waals surface area (Å²) in [6, 6.07) is 0.196. The van der Waals surface area contributed by atoms with Gasteiger partial charge in [-0.2, -0.15) is 11.8 Å². The van der Waals surface area contributed by atoms with Crippen LogP contribution in [0.4, 0.5) is 4.79 Å². The molecule has 84 valence electrons. The fourth-order valence-corrected chi connectivity index (χ4v) is 1.44. The maximum atomic E-state index is 11.2. The Morgan fingerprint density at radius 1 is 1.43 bits per heavy atom. The molecule has 0 saturated heterocycles. The summed E-state index contributed by atoms with van der Waals surface area (Å²) in [4.78, 5) is 11.2. The van der Waals surface area contributed by atoms with Gasteiger partial charge in [0.25, 0.3) is 0 Å². The summed E-state index contributed by atoms with van der Waals surface area (Å²) in [5, 5.41) is 2.80. The van der Waals surface area contributed by atoms with Crippen molar-refractivity contribution in [3.8, 4) is 0 Å². The number of rotatable bonds is 6. The lowest BCUT2D eigenvalue weighted by Crippen LogP contribution is -2.34. The molecule has 0 aromatic carbocycles. The van der Waals surface area contributed by atoms with Crippen LogP contribution >= 0.6 is 11.8 Å². The SMILES string of the molecule is CSCCC(C)NC(=O)OCC(C)C. The molecule has 0 bridgehead atoms. The van der Waals surface area contributed by atoms with Crippen LogP contribution in [0.15, 0.2) is 0 Å². The molecule has 3 nitrogen and oxygen atoms in total. The van der Waals surface area contributed by atoms with Gasteiger partial charge in [-0.15, -0.1) is 0 Å². The molecule has 1 atom stereocenters. The standard InChI is InChI=1S/C10H21NO2S/c1-8(2)7-13-10(12)11-9(3)5-6-14-4/h8-9H,5-7H2,1-4H3,(H,11,12). The van der Waals surface area contributed by atoms with E-state index >= 15 is 0 Å². The van der Waals surface area contributed by atoms with Crippen molar-refractivity contribution in [3.63, 3.8) is 0 Å². The summed E-state index contributed by atoms with van der Waals surface area (Å²) in [7, 11) is 0. The van der Waals surface area contributed by atoms with E-state index in [-0.39, 0.29) is 12.1 Å². The second-order valence-corrected chi connectivity index (χ2v) is 4.80. The number of carbonyl (C=O) groups excluding carboxylic acids is 1. The molecule has 0 aliphatic rings. The highest BCUT2D eigenvalue weighted by Crippen LogP contribution is 2.00. The number of nitrogens with one attached hydrogen (secondary N) is 1. The zero-order valence-corrected chi connectivity index (χ0v) is 10.3. The monoisotopic (exact) mass is 219 g/mol. The molecule has 14 heavy (non-hydrogen) atoms. The summed E-state index contributed by atoms with van der Waals surface area (Å²) in [5.41, 5.74) is 0. The van der Waals surface area contributed by atoms with Gasteiger partial charge in [0.2, 0.25) is 0 Å². The first-order valence-electron chi connectivity index (χ1n) is 4.98. The van der Waals surface area contributed by atoms with Crippen molar-refractivity contribution in [1.29, 1.82) is 0 Å². The Hall–Kier alpha value is -0.380. The minimum absolute atomic E-state index is 0.196. The largest absolute Gasteiger partial charge is 0.449 e. The summed E-state index contributed by atoms with van der Waals surface area (Å²) in [6.45, 7) is 6.52. The highest BCUT2D eigenvalue weighted by atomic mass is 32.2. The van der Waals surface area contributed by atoms with E-state index in [2.05, 4.69) is 11.6 Å². The van der Waals surface area contributed by atoms with Crippen LogP contribution < -0.4 is 5.32 Å². The molecule has 0 heterocycles. The highest BCUT2D eigenvalue weighted by Gasteiger charge is 2.07. The van der Waals surface area contributed by atoms with Gasteiger partial charge in [0.05, 0.1) is 6.61 Å². The minimum atomic E-state index is -0.299. The first-order valence-corrected chi connectivity index (χ1v) is 6.37. The van der Waals surface area contributed by atoms with E-state index in [1.807, 2.05) is 20.8 Å². The van der Waals surface area contributed by atoms with Crippen LogP contribution in [0.3, 0.4) is 0 Å². The van der Waals surface area contributed by atoms with Crippen LogP contribution in [-0.2, 0) is 4.74 Å². The molecule has 0 saturated carbocycles. The van der Waals surface area contributed by atoms with Gasteiger partial charge in [-0.1, -0.05) is 13.8 Å². The minimum Gasteiger partial charge on any atom is -0.449 e. The van der Waals surface area contributed by atoms with Crippen molar-refractivity contribution >= 4 is 17.9 Å². The van der Waals surface area contributed by atoms with Gasteiger partial charge in [0.1, 0.15) is 0 Å². The number of ether oxygens (including phenoxy) is 1. The van der Waals surface area contributed by atoms with E-state index in [1.54, 1.807) is 11.8 Å². The van der Waals surface area contributed by atoms with Crippen molar-refractivity contribution in [1.82, 2.24) is 5.32 Å². The zero-order valence-electron chi connectivity index (χ0n) is 9.50. The lowest BCUT2D eigenvalue weighted by Gasteiger charge is -2.14. The van der Waals surface area contributed by atoms with Crippen LogP contribution in [-0.4, -0.2) is 30.8 Å². The van der Waals surface area contributed by atoms with Gasteiger partial charge in [0.15, 0.2) is 0 Å². The fraction of sp³-hybridized carbons (Fsp3) is 0.900. The quantitative estimate of drug-likeness (QED) is 0.746. The lowest BCUT2D eigenvalue weighted by molar-refractivity contribution is 0.130. The Kier molecular flexibility index (Phi) is 7.76. The molecule has 4 heteroatoms. The zero-order chi connectivity index (χ0) is 11.0. The van der Waals surface area contributed by atoms with Gasteiger partial charge in [-0.05, 0) is 31.3 Å². The van der Waals surface area contributed by atoms with Crippen molar-refractivity contribution < 1.29 is 9.53 Å². The maximum absolute atomic E-state index is 11.2. The Morgan fingerprint density at radius 2 is 2.07 bits per heavy atom. The smallest absolute Gasteiger partial charge is 0.407 e. The molecule has 1 amide bonds. The summed E-state index contributed by atoms with van der Waals surface area (Å²) in [6.07, 6.45) is 2.74. The van der Waals surface area contributed by atoms with E-state index in [9.17, 15) is 4.79 Å². The molecule has 0 aromatic heterocycles. The number of alkyl carbamates (subject to hydrolysis) is 1. The Morgan fingerprint density at radius 3 is 2.57 bits per heavy atom. The number of hydrogen-bond donors (Lipinski definition) is 1. The molecule has 0 aliphatic heterocycles. The second kappa shape index (κ2) is 7.97. The molecule has 0 radical (unpaired) electrons. The number of hydrogen-bond acceptors (Lipinski definition) is 3. The molecule has 0 rings (SSSR count). The van der Waals surface area contributed by atoms with E-state index in [1.165, 1.54) is 0 Å². The van der Waals surface area contributed by atoms with Crippen molar-refractivity contribution in [2.24, 2.45) is 5.92 Å².